The first-order valence-corrected chi connectivity index (χ1v) is 11.4. The number of hydrogen-bond donors (Lipinski definition) is 2. The lowest BCUT2D eigenvalue weighted by Gasteiger charge is -2.35. The van der Waals surface area contributed by atoms with Crippen LogP contribution in [-0.2, 0) is 6.42 Å². The van der Waals surface area contributed by atoms with E-state index in [4.69, 9.17) is 22.1 Å². The van der Waals surface area contributed by atoms with Crippen molar-refractivity contribution in [3.8, 4) is 17.1 Å². The Morgan fingerprint density at radius 2 is 1.94 bits per heavy atom. The summed E-state index contributed by atoms with van der Waals surface area (Å²) in [4.78, 5) is 10.2. The first kappa shape index (κ1) is 24.3. The molecule has 0 spiro atoms. The molecule has 8 nitrogen and oxygen atoms in total. The van der Waals surface area contributed by atoms with Crippen molar-refractivity contribution in [3.05, 3.63) is 52.8 Å². The van der Waals surface area contributed by atoms with Gasteiger partial charge >= 0.3 is 6.55 Å². The van der Waals surface area contributed by atoms with Gasteiger partial charge in [0, 0.05) is 43.9 Å². The number of halogens is 3. The highest BCUT2D eigenvalue weighted by Gasteiger charge is 2.27. The molecular formula is C23H27ClF2N6O2. The number of para-hydroxylation sites is 1. The third kappa shape index (κ3) is 5.99. The molecule has 0 unspecified atom stereocenters. The van der Waals surface area contributed by atoms with Gasteiger partial charge in [0.1, 0.15) is 23.2 Å². The number of likely N-dealkylation sites (tertiary alicyclic amines) is 1. The molecule has 1 aromatic carbocycles. The second kappa shape index (κ2) is 10.2. The molecule has 0 amide bonds. The highest BCUT2D eigenvalue weighted by atomic mass is 35.5. The van der Waals surface area contributed by atoms with Crippen LogP contribution in [0.4, 0.5) is 14.7 Å². The Hall–Kier alpha value is -2.82. The molecule has 2 aromatic heterocycles. The summed E-state index contributed by atoms with van der Waals surface area (Å²) in [6, 6.07) is 8.92. The van der Waals surface area contributed by atoms with E-state index in [-0.39, 0.29) is 22.5 Å². The van der Waals surface area contributed by atoms with Gasteiger partial charge in [0.15, 0.2) is 0 Å². The third-order valence-corrected chi connectivity index (χ3v) is 6.11. The number of ether oxygens (including phenoxy) is 1. The lowest BCUT2D eigenvalue weighted by molar-refractivity contribution is -0.00769. The predicted molar refractivity (Wildman–Crippen MR) is 125 cm³/mol. The number of piperidine rings is 1. The van der Waals surface area contributed by atoms with Crippen LogP contribution in [0.15, 0.2) is 36.5 Å². The van der Waals surface area contributed by atoms with E-state index in [0.717, 1.165) is 38.0 Å². The van der Waals surface area contributed by atoms with Gasteiger partial charge in [-0.1, -0.05) is 29.8 Å². The number of nitrogens with two attached hydrogens (primary N) is 1. The number of hydrogen-bond acceptors (Lipinski definition) is 7. The quantitative estimate of drug-likeness (QED) is 0.461. The molecule has 3 aromatic rings. The van der Waals surface area contributed by atoms with Gasteiger partial charge in [0.2, 0.25) is 5.95 Å². The number of anilines is 1. The van der Waals surface area contributed by atoms with Crippen molar-refractivity contribution in [2.45, 2.75) is 38.3 Å². The van der Waals surface area contributed by atoms with Crippen molar-refractivity contribution in [1.82, 2.24) is 24.6 Å². The minimum Gasteiger partial charge on any atom is -0.492 e. The van der Waals surface area contributed by atoms with E-state index in [1.165, 1.54) is 12.3 Å². The minimum absolute atomic E-state index is 0.0667. The van der Waals surface area contributed by atoms with Crippen LogP contribution in [0, 0.1) is 0 Å². The van der Waals surface area contributed by atoms with Crippen molar-refractivity contribution >= 4 is 17.5 Å². The number of rotatable bonds is 8. The average Bonchev–Trinajstić information content (AvgIpc) is 3.20. The lowest BCUT2D eigenvalue weighted by atomic mass is 9.94. The van der Waals surface area contributed by atoms with E-state index in [2.05, 4.69) is 20.0 Å². The molecule has 3 N–H and O–H groups in total. The second-order valence-corrected chi connectivity index (χ2v) is 9.05. The van der Waals surface area contributed by atoms with Crippen molar-refractivity contribution in [3.63, 3.8) is 0 Å². The fourth-order valence-corrected chi connectivity index (χ4v) is 4.16. The topological polar surface area (TPSA) is 102 Å². The first-order valence-electron chi connectivity index (χ1n) is 11.0. The van der Waals surface area contributed by atoms with Crippen LogP contribution < -0.4 is 10.5 Å². The Morgan fingerprint density at radius 1 is 1.21 bits per heavy atom. The molecule has 1 aliphatic heterocycles. The summed E-state index contributed by atoms with van der Waals surface area (Å²) in [7, 11) is 0. The summed E-state index contributed by atoms with van der Waals surface area (Å²) in [5.74, 6) is 0.602. The SMILES string of the molecule is CC1(O)CCN(CCOc2ccccc2Cc2cn(C(F)F)nc2-c2cc(Cl)nc(N)n2)CC1. The Labute approximate surface area is 201 Å². The van der Waals surface area contributed by atoms with Crippen molar-refractivity contribution in [1.29, 1.82) is 0 Å². The lowest BCUT2D eigenvalue weighted by Crippen LogP contribution is -2.43. The summed E-state index contributed by atoms with van der Waals surface area (Å²) in [5.41, 5.74) is 6.98. The number of alkyl halides is 2. The van der Waals surface area contributed by atoms with E-state index in [9.17, 15) is 13.9 Å². The summed E-state index contributed by atoms with van der Waals surface area (Å²) in [6.07, 6.45) is 3.06. The Bertz CT molecular complexity index is 1110. The molecule has 0 radical (unpaired) electrons. The third-order valence-electron chi connectivity index (χ3n) is 5.91. The monoisotopic (exact) mass is 492 g/mol. The summed E-state index contributed by atoms with van der Waals surface area (Å²) < 4.78 is 33.5. The smallest absolute Gasteiger partial charge is 0.333 e. The molecule has 1 saturated heterocycles. The van der Waals surface area contributed by atoms with Gasteiger partial charge < -0.3 is 15.6 Å². The van der Waals surface area contributed by atoms with Gasteiger partial charge in [-0.05, 0) is 31.4 Å². The van der Waals surface area contributed by atoms with Crippen molar-refractivity contribution in [2.75, 3.05) is 32.0 Å². The number of aliphatic hydroxyl groups is 1. The van der Waals surface area contributed by atoms with Crippen LogP contribution in [0.2, 0.25) is 5.15 Å². The molecule has 11 heteroatoms. The summed E-state index contributed by atoms with van der Waals surface area (Å²) >= 11 is 5.99. The van der Waals surface area contributed by atoms with Gasteiger partial charge in [-0.25, -0.2) is 14.6 Å². The Morgan fingerprint density at radius 3 is 2.65 bits per heavy atom. The van der Waals surface area contributed by atoms with Crippen LogP contribution in [0.25, 0.3) is 11.4 Å². The molecular weight excluding hydrogens is 466 g/mol. The average molecular weight is 493 g/mol. The first-order chi connectivity index (χ1) is 16.2. The molecule has 0 aliphatic carbocycles. The minimum atomic E-state index is -2.81. The number of nitrogens with zero attached hydrogens (tertiary/aromatic N) is 5. The molecule has 1 fully saturated rings. The second-order valence-electron chi connectivity index (χ2n) is 8.67. The highest BCUT2D eigenvalue weighted by molar-refractivity contribution is 6.29. The van der Waals surface area contributed by atoms with Gasteiger partial charge in [-0.3, -0.25) is 4.90 Å². The molecule has 34 heavy (non-hydrogen) atoms. The zero-order chi connectivity index (χ0) is 24.3. The van der Waals surface area contributed by atoms with Crippen LogP contribution in [0.3, 0.4) is 0 Å². The standard InChI is InChI=1S/C23H27ClF2N6O2/c1-23(33)6-8-31(9-7-23)10-11-34-18-5-3-2-4-15(18)12-16-14-32(21(25)26)30-20(16)17-13-19(24)29-22(27)28-17/h2-5,13-14,21,33H,6-12H2,1H3,(H2,27,28,29). The molecule has 4 rings (SSSR count). The van der Waals surface area contributed by atoms with Crippen molar-refractivity contribution in [2.24, 2.45) is 0 Å². The van der Waals surface area contributed by atoms with E-state index in [1.54, 1.807) is 0 Å². The predicted octanol–water partition coefficient (Wildman–Crippen LogP) is 3.79. The Kier molecular flexibility index (Phi) is 7.30. The normalized spacial score (nSPS) is 16.2. The van der Waals surface area contributed by atoms with Crippen LogP contribution in [-0.4, -0.2) is 61.6 Å². The van der Waals surface area contributed by atoms with Crippen LogP contribution >= 0.6 is 11.6 Å². The fraction of sp³-hybridized carbons (Fsp3) is 0.435. The van der Waals surface area contributed by atoms with E-state index in [0.29, 0.717) is 29.0 Å². The fourth-order valence-electron chi connectivity index (χ4n) is 3.97. The molecule has 1 aliphatic rings. The molecule has 0 atom stereocenters. The number of aromatic nitrogens is 4. The maximum Gasteiger partial charge on any atom is 0.333 e. The van der Waals surface area contributed by atoms with Gasteiger partial charge in [0.05, 0.1) is 11.3 Å². The van der Waals surface area contributed by atoms with Crippen LogP contribution in [0.1, 0.15) is 37.4 Å². The summed E-state index contributed by atoms with van der Waals surface area (Å²) in [6.45, 7) is 1.90. The summed E-state index contributed by atoms with van der Waals surface area (Å²) in [5, 5.41) is 14.2. The van der Waals surface area contributed by atoms with E-state index < -0.39 is 12.2 Å². The van der Waals surface area contributed by atoms with Gasteiger partial charge in [-0.2, -0.15) is 13.9 Å². The number of nitrogen functional groups attached to an aromatic ring is 1. The molecule has 0 saturated carbocycles. The van der Waals surface area contributed by atoms with E-state index >= 15 is 0 Å². The molecule has 182 valence electrons. The number of benzene rings is 1. The Balaban J connectivity index is 1.51. The maximum absolute atomic E-state index is 13.4. The largest absolute Gasteiger partial charge is 0.492 e. The zero-order valence-corrected chi connectivity index (χ0v) is 19.5. The van der Waals surface area contributed by atoms with E-state index in [1.807, 2.05) is 31.2 Å². The maximum atomic E-state index is 13.4. The highest BCUT2D eigenvalue weighted by Crippen LogP contribution is 2.30. The van der Waals surface area contributed by atoms with Gasteiger partial charge in [0.25, 0.3) is 0 Å². The van der Waals surface area contributed by atoms with Crippen molar-refractivity contribution < 1.29 is 18.6 Å². The zero-order valence-electron chi connectivity index (χ0n) is 18.8. The molecule has 0 bridgehead atoms. The van der Waals surface area contributed by atoms with Crippen LogP contribution in [0.5, 0.6) is 5.75 Å². The molecule has 3 heterocycles. The van der Waals surface area contributed by atoms with Gasteiger partial charge in [-0.15, -0.1) is 0 Å².